The zero-order valence-corrected chi connectivity index (χ0v) is 16.9. The number of aromatic nitrogens is 1. The summed E-state index contributed by atoms with van der Waals surface area (Å²) in [5, 5.41) is 9.86. The molecule has 0 unspecified atom stereocenters. The number of nitrogens with one attached hydrogen (secondary N) is 1. The Balaban J connectivity index is 1.69. The van der Waals surface area contributed by atoms with E-state index in [1.54, 1.807) is 31.2 Å². The van der Waals surface area contributed by atoms with Gasteiger partial charge >= 0.3 is 5.97 Å². The van der Waals surface area contributed by atoms with Gasteiger partial charge in [0, 0.05) is 5.75 Å². The third-order valence-electron chi connectivity index (χ3n) is 4.04. The lowest BCUT2D eigenvalue weighted by Crippen LogP contribution is -2.14. The number of halogens is 1. The van der Waals surface area contributed by atoms with E-state index in [0.29, 0.717) is 16.3 Å². The van der Waals surface area contributed by atoms with Crippen LogP contribution in [0.2, 0.25) is 0 Å². The highest BCUT2D eigenvalue weighted by molar-refractivity contribution is 7.98. The first-order valence-electron chi connectivity index (χ1n) is 8.45. The molecular formula is C20H17FN2O4S2. The average molecular weight is 432 g/mol. The molecule has 1 heterocycles. The van der Waals surface area contributed by atoms with Crippen LogP contribution in [0.15, 0.2) is 70.7 Å². The fourth-order valence-electron chi connectivity index (χ4n) is 2.48. The third kappa shape index (κ3) is 5.33. The number of rotatable bonds is 7. The van der Waals surface area contributed by atoms with E-state index in [2.05, 4.69) is 9.71 Å². The molecule has 9 heteroatoms. The minimum atomic E-state index is -3.95. The first-order valence-corrected chi connectivity index (χ1v) is 10.9. The van der Waals surface area contributed by atoms with Crippen LogP contribution in [0.4, 0.5) is 10.1 Å². The maximum Gasteiger partial charge on any atom is 0.335 e. The van der Waals surface area contributed by atoms with Gasteiger partial charge in [0.25, 0.3) is 10.0 Å². The topological polar surface area (TPSA) is 96.4 Å². The number of sulfonamides is 1. The normalized spacial score (nSPS) is 11.2. The monoisotopic (exact) mass is 432 g/mol. The molecule has 2 aromatic carbocycles. The standard InChI is InChI=1S/C20H17FN2O4S2/c1-13-2-8-17(10-18(13)20(24)25)29(26,27)23-16-7-9-19(22-11-16)28-12-14-3-5-15(21)6-4-14/h2-11,23H,12H2,1H3,(H,24,25). The number of carbonyl (C=O) groups is 1. The molecule has 150 valence electrons. The average Bonchev–Trinajstić information content (AvgIpc) is 2.68. The summed E-state index contributed by atoms with van der Waals surface area (Å²) in [6.45, 7) is 1.60. The van der Waals surface area contributed by atoms with Gasteiger partial charge in [-0.15, -0.1) is 11.8 Å². The lowest BCUT2D eigenvalue weighted by Gasteiger charge is -2.10. The minimum Gasteiger partial charge on any atom is -0.478 e. The van der Waals surface area contributed by atoms with Gasteiger partial charge in [-0.3, -0.25) is 4.72 Å². The first-order chi connectivity index (χ1) is 13.7. The number of pyridine rings is 1. The van der Waals surface area contributed by atoms with Crippen LogP contribution >= 0.6 is 11.8 Å². The van der Waals surface area contributed by atoms with Crippen molar-refractivity contribution in [2.75, 3.05) is 4.72 Å². The van der Waals surface area contributed by atoms with Crippen molar-refractivity contribution in [3.8, 4) is 0 Å². The molecule has 0 atom stereocenters. The summed E-state index contributed by atoms with van der Waals surface area (Å²) in [4.78, 5) is 15.3. The molecule has 0 saturated carbocycles. The molecule has 0 radical (unpaired) electrons. The quantitative estimate of drug-likeness (QED) is 0.540. The zero-order valence-electron chi connectivity index (χ0n) is 15.3. The van der Waals surface area contributed by atoms with Crippen molar-refractivity contribution in [3.63, 3.8) is 0 Å². The van der Waals surface area contributed by atoms with Gasteiger partial charge in [0.2, 0.25) is 0 Å². The molecule has 0 bridgehead atoms. The van der Waals surface area contributed by atoms with Gasteiger partial charge in [-0.2, -0.15) is 0 Å². The maximum atomic E-state index is 12.9. The van der Waals surface area contributed by atoms with Gasteiger partial charge in [-0.25, -0.2) is 22.6 Å². The van der Waals surface area contributed by atoms with Crippen LogP contribution in [0.3, 0.4) is 0 Å². The number of anilines is 1. The van der Waals surface area contributed by atoms with Crippen LogP contribution in [0.25, 0.3) is 0 Å². The van der Waals surface area contributed by atoms with Crippen molar-refractivity contribution in [2.45, 2.75) is 22.6 Å². The van der Waals surface area contributed by atoms with E-state index in [4.69, 9.17) is 0 Å². The van der Waals surface area contributed by atoms with Crippen molar-refractivity contribution < 1.29 is 22.7 Å². The smallest absolute Gasteiger partial charge is 0.335 e. The molecule has 0 aliphatic heterocycles. The highest BCUT2D eigenvalue weighted by atomic mass is 32.2. The molecule has 0 fully saturated rings. The number of thioether (sulfide) groups is 1. The van der Waals surface area contributed by atoms with Crippen LogP contribution in [0.5, 0.6) is 0 Å². The Labute approximate surface area is 171 Å². The second-order valence-electron chi connectivity index (χ2n) is 6.19. The van der Waals surface area contributed by atoms with E-state index in [1.165, 1.54) is 42.2 Å². The highest BCUT2D eigenvalue weighted by Crippen LogP contribution is 2.24. The maximum absolute atomic E-state index is 12.9. The predicted octanol–water partition coefficient (Wildman–Crippen LogP) is 4.32. The minimum absolute atomic E-state index is 0.0708. The van der Waals surface area contributed by atoms with E-state index in [1.807, 2.05) is 0 Å². The van der Waals surface area contributed by atoms with E-state index in [-0.39, 0.29) is 22.0 Å². The second-order valence-corrected chi connectivity index (χ2v) is 8.87. The Morgan fingerprint density at radius 3 is 2.48 bits per heavy atom. The Hall–Kier alpha value is -2.91. The highest BCUT2D eigenvalue weighted by Gasteiger charge is 2.18. The lowest BCUT2D eigenvalue weighted by atomic mass is 10.1. The SMILES string of the molecule is Cc1ccc(S(=O)(=O)Nc2ccc(SCc3ccc(F)cc3)nc2)cc1C(=O)O. The van der Waals surface area contributed by atoms with E-state index < -0.39 is 16.0 Å². The summed E-state index contributed by atoms with van der Waals surface area (Å²) in [5.74, 6) is -0.888. The lowest BCUT2D eigenvalue weighted by molar-refractivity contribution is 0.0696. The fraction of sp³-hybridized carbons (Fsp3) is 0.100. The van der Waals surface area contributed by atoms with Gasteiger partial charge in [-0.1, -0.05) is 18.2 Å². The van der Waals surface area contributed by atoms with Crippen molar-refractivity contribution in [1.29, 1.82) is 0 Å². The van der Waals surface area contributed by atoms with Crippen molar-refractivity contribution in [2.24, 2.45) is 0 Å². The Kier molecular flexibility index (Phi) is 6.19. The second kappa shape index (κ2) is 8.62. The molecule has 0 amide bonds. The van der Waals surface area contributed by atoms with Crippen LogP contribution in [-0.4, -0.2) is 24.5 Å². The molecule has 3 rings (SSSR count). The molecule has 1 aromatic heterocycles. The van der Waals surface area contributed by atoms with Crippen LogP contribution in [0, 0.1) is 12.7 Å². The number of benzene rings is 2. The largest absolute Gasteiger partial charge is 0.478 e. The number of nitrogens with zero attached hydrogens (tertiary/aromatic N) is 1. The molecule has 0 aliphatic rings. The molecule has 0 spiro atoms. The molecule has 0 aliphatic carbocycles. The van der Waals surface area contributed by atoms with Gasteiger partial charge in [0.15, 0.2) is 0 Å². The van der Waals surface area contributed by atoms with Gasteiger partial charge in [-0.05, 0) is 54.4 Å². The van der Waals surface area contributed by atoms with E-state index in [9.17, 15) is 22.7 Å². The summed E-state index contributed by atoms with van der Waals surface area (Å²) in [6, 6.07) is 13.3. The molecular weight excluding hydrogens is 415 g/mol. The number of carboxylic acid groups (broad SMARTS) is 1. The van der Waals surface area contributed by atoms with Crippen molar-refractivity contribution >= 4 is 33.4 Å². The summed E-state index contributed by atoms with van der Waals surface area (Å²) < 4.78 is 40.4. The Morgan fingerprint density at radius 2 is 1.86 bits per heavy atom. The van der Waals surface area contributed by atoms with Crippen molar-refractivity contribution in [1.82, 2.24) is 4.98 Å². The summed E-state index contributed by atoms with van der Waals surface area (Å²) in [6.07, 6.45) is 1.39. The molecule has 2 N–H and O–H groups in total. The summed E-state index contributed by atoms with van der Waals surface area (Å²) in [5.41, 5.74) is 1.60. The van der Waals surface area contributed by atoms with Gasteiger partial charge in [0.1, 0.15) is 5.82 Å². The Bertz CT molecular complexity index is 1130. The number of aryl methyl sites for hydroxylation is 1. The zero-order chi connectivity index (χ0) is 21.0. The van der Waals surface area contributed by atoms with E-state index in [0.717, 1.165) is 11.6 Å². The van der Waals surface area contributed by atoms with Crippen LogP contribution in [0.1, 0.15) is 21.5 Å². The van der Waals surface area contributed by atoms with Gasteiger partial charge < -0.3 is 5.11 Å². The molecule has 3 aromatic rings. The molecule has 6 nitrogen and oxygen atoms in total. The molecule has 0 saturated heterocycles. The van der Waals surface area contributed by atoms with Crippen LogP contribution in [-0.2, 0) is 15.8 Å². The number of hydrogen-bond donors (Lipinski definition) is 2. The van der Waals surface area contributed by atoms with E-state index >= 15 is 0 Å². The predicted molar refractivity (Wildman–Crippen MR) is 109 cm³/mol. The third-order valence-corrected chi connectivity index (χ3v) is 6.43. The first kappa shape index (κ1) is 20.8. The van der Waals surface area contributed by atoms with Crippen LogP contribution < -0.4 is 4.72 Å². The Morgan fingerprint density at radius 1 is 1.14 bits per heavy atom. The number of hydrogen-bond acceptors (Lipinski definition) is 5. The number of aromatic carboxylic acids is 1. The van der Waals surface area contributed by atoms with Gasteiger partial charge in [0.05, 0.1) is 27.4 Å². The summed E-state index contributed by atoms with van der Waals surface area (Å²) >= 11 is 1.43. The fourth-order valence-corrected chi connectivity index (χ4v) is 4.34. The summed E-state index contributed by atoms with van der Waals surface area (Å²) in [7, 11) is -3.95. The van der Waals surface area contributed by atoms with Crippen molar-refractivity contribution in [3.05, 3.63) is 83.3 Å². The molecule has 29 heavy (non-hydrogen) atoms. The number of carboxylic acids is 1.